The lowest BCUT2D eigenvalue weighted by molar-refractivity contribution is -0.114. The van der Waals surface area contributed by atoms with Gasteiger partial charge in [-0.1, -0.05) is 0 Å². The Labute approximate surface area is 204 Å². The highest BCUT2D eigenvalue weighted by Crippen LogP contribution is 2.37. The number of amides is 1. The van der Waals surface area contributed by atoms with Gasteiger partial charge >= 0.3 is 0 Å². The number of halogens is 1. The fourth-order valence-corrected chi connectivity index (χ4v) is 3.88. The Balaban J connectivity index is 1.45. The number of ether oxygens (including phenoxy) is 4. The van der Waals surface area contributed by atoms with Gasteiger partial charge in [0.25, 0.3) is 5.91 Å². The van der Waals surface area contributed by atoms with Crippen LogP contribution in [0.5, 0.6) is 23.0 Å². The van der Waals surface area contributed by atoms with Crippen LogP contribution in [0.2, 0.25) is 0 Å². The second-order valence-corrected chi connectivity index (χ2v) is 8.08. The first kappa shape index (κ1) is 23.4. The number of nitrogens with one attached hydrogen (secondary N) is 1. The summed E-state index contributed by atoms with van der Waals surface area (Å²) in [7, 11) is 3.13. The van der Waals surface area contributed by atoms with E-state index in [1.165, 1.54) is 12.2 Å². The molecule has 2 aromatic rings. The van der Waals surface area contributed by atoms with E-state index in [4.69, 9.17) is 29.2 Å². The number of aliphatic imine (C=N–C) groups is 1. The quantitative estimate of drug-likeness (QED) is 0.401. The van der Waals surface area contributed by atoms with Gasteiger partial charge in [0, 0.05) is 6.08 Å². The summed E-state index contributed by atoms with van der Waals surface area (Å²) in [5.74, 6) is 2.66. The molecule has 2 aliphatic heterocycles. The summed E-state index contributed by atoms with van der Waals surface area (Å²) < 4.78 is 22.8. The van der Waals surface area contributed by atoms with Crippen molar-refractivity contribution in [2.75, 3.05) is 27.4 Å². The molecule has 0 fully saturated rings. The number of hydroxylamine groups is 2. The molecule has 0 saturated carbocycles. The van der Waals surface area contributed by atoms with Crippen LogP contribution < -0.4 is 18.9 Å². The third kappa shape index (κ3) is 4.91. The second kappa shape index (κ2) is 10.0. The van der Waals surface area contributed by atoms with Crippen molar-refractivity contribution < 1.29 is 28.6 Å². The molecule has 1 N–H and O–H groups in total. The van der Waals surface area contributed by atoms with E-state index in [9.17, 15) is 4.79 Å². The molecule has 2 heterocycles. The predicted molar refractivity (Wildman–Crippen MR) is 130 cm³/mol. The fourth-order valence-electron chi connectivity index (χ4n) is 3.31. The Kier molecular flexibility index (Phi) is 6.87. The van der Waals surface area contributed by atoms with E-state index in [0.29, 0.717) is 45.5 Å². The maximum Gasteiger partial charge on any atom is 0.282 e. The molecule has 34 heavy (non-hydrogen) atoms. The average Bonchev–Trinajstić information content (AvgIpc) is 3.20. The predicted octanol–water partition coefficient (Wildman–Crippen LogP) is 4.37. The Bertz CT molecular complexity index is 1220. The average molecular weight is 528 g/mol. The Morgan fingerprint density at radius 2 is 1.79 bits per heavy atom. The number of nitrogens with zero attached hydrogens (tertiary/aromatic N) is 2. The number of amidine groups is 2. The summed E-state index contributed by atoms with van der Waals surface area (Å²) in [5, 5.41) is 9.57. The van der Waals surface area contributed by atoms with Crippen molar-refractivity contribution in [2.45, 2.75) is 6.92 Å². The highest BCUT2D eigenvalue weighted by Gasteiger charge is 2.34. The molecule has 4 rings (SSSR count). The lowest BCUT2D eigenvalue weighted by Crippen LogP contribution is -2.38. The maximum atomic E-state index is 12.5. The van der Waals surface area contributed by atoms with Crippen molar-refractivity contribution in [1.82, 2.24) is 5.06 Å². The van der Waals surface area contributed by atoms with Gasteiger partial charge in [0.2, 0.25) is 0 Å². The van der Waals surface area contributed by atoms with Crippen LogP contribution in [0, 0.1) is 5.41 Å². The van der Waals surface area contributed by atoms with Gasteiger partial charge in [-0.2, -0.15) is 4.99 Å². The molecule has 0 bridgehead atoms. The first-order chi connectivity index (χ1) is 16.4. The summed E-state index contributed by atoms with van der Waals surface area (Å²) in [5.41, 5.74) is 0.726. The third-order valence-corrected chi connectivity index (χ3v) is 5.49. The van der Waals surface area contributed by atoms with E-state index in [2.05, 4.69) is 20.9 Å². The van der Waals surface area contributed by atoms with E-state index >= 15 is 0 Å². The van der Waals surface area contributed by atoms with Crippen molar-refractivity contribution in [3.8, 4) is 23.0 Å². The number of hydrogen-bond acceptors (Lipinski definition) is 7. The normalized spacial score (nSPS) is 16.0. The van der Waals surface area contributed by atoms with Gasteiger partial charge in [-0.05, 0) is 70.9 Å². The van der Waals surface area contributed by atoms with Crippen LogP contribution in [0.1, 0.15) is 12.5 Å². The zero-order valence-electron chi connectivity index (χ0n) is 18.8. The number of hydrogen-bond donors (Lipinski definition) is 1. The first-order valence-corrected chi connectivity index (χ1v) is 11.1. The summed E-state index contributed by atoms with van der Waals surface area (Å²) >= 11 is 3.50. The van der Waals surface area contributed by atoms with Crippen LogP contribution in [-0.4, -0.2) is 50.1 Å². The topological polar surface area (TPSA) is 103 Å². The monoisotopic (exact) mass is 527 g/mol. The molecule has 10 heteroatoms. The summed E-state index contributed by atoms with van der Waals surface area (Å²) in [4.78, 5) is 21.9. The largest absolute Gasteiger partial charge is 0.497 e. The standard InChI is InChI=1S/C24H22BrN3O6/c1-14-10-21-27-24(29)18(23(26)28(21)34-14)11-15-12-19(25)22(20(13-15)31-3)33-9-8-32-17-6-4-16(30-2)5-7-17/h4-7,10-13,26H,8-9H2,1-3H3/b18-11-,26-23?. The van der Waals surface area contributed by atoms with Gasteiger partial charge in [0.05, 0.1) is 24.3 Å². The SMILES string of the molecule is COc1ccc(OCCOc2c(Br)cc(/C=C3/C(=N)N4OC(C)=CC4=NC3=O)cc2OC)cc1. The molecular formula is C24H22BrN3O6. The van der Waals surface area contributed by atoms with Crippen LogP contribution in [0.15, 0.2) is 63.3 Å². The molecule has 0 aliphatic carbocycles. The van der Waals surface area contributed by atoms with E-state index in [1.54, 1.807) is 38.3 Å². The molecule has 0 radical (unpaired) electrons. The molecular weight excluding hydrogens is 506 g/mol. The van der Waals surface area contributed by atoms with Crippen molar-refractivity contribution in [3.63, 3.8) is 0 Å². The molecule has 2 aromatic carbocycles. The minimum Gasteiger partial charge on any atom is -0.497 e. The minimum absolute atomic E-state index is 0.0887. The third-order valence-electron chi connectivity index (χ3n) is 4.90. The zero-order valence-corrected chi connectivity index (χ0v) is 20.3. The highest BCUT2D eigenvalue weighted by atomic mass is 79.9. The van der Waals surface area contributed by atoms with Crippen molar-refractivity contribution in [1.29, 1.82) is 5.41 Å². The maximum absolute atomic E-state index is 12.5. The van der Waals surface area contributed by atoms with Gasteiger partial charge in [-0.25, -0.2) is 0 Å². The van der Waals surface area contributed by atoms with Crippen LogP contribution in [-0.2, 0) is 9.63 Å². The Morgan fingerprint density at radius 1 is 1.09 bits per heavy atom. The van der Waals surface area contributed by atoms with Gasteiger partial charge in [-0.3, -0.25) is 10.2 Å². The summed E-state index contributed by atoms with van der Waals surface area (Å²) in [6, 6.07) is 10.8. The minimum atomic E-state index is -0.517. The number of methoxy groups -OCH3 is 2. The Morgan fingerprint density at radius 3 is 2.50 bits per heavy atom. The fraction of sp³-hybridized carbons (Fsp3) is 0.208. The number of rotatable bonds is 8. The first-order valence-electron chi connectivity index (χ1n) is 10.3. The second-order valence-electron chi connectivity index (χ2n) is 7.23. The lowest BCUT2D eigenvalue weighted by atomic mass is 10.1. The molecule has 1 amide bonds. The molecule has 0 unspecified atom stereocenters. The molecule has 0 aromatic heterocycles. The zero-order chi connectivity index (χ0) is 24.2. The number of carbonyl (C=O) groups is 1. The molecule has 2 aliphatic rings. The van der Waals surface area contributed by atoms with Crippen LogP contribution >= 0.6 is 15.9 Å². The van der Waals surface area contributed by atoms with Crippen LogP contribution in [0.4, 0.5) is 0 Å². The van der Waals surface area contributed by atoms with Crippen molar-refractivity contribution in [3.05, 3.63) is 63.8 Å². The van der Waals surface area contributed by atoms with E-state index in [-0.39, 0.29) is 18.0 Å². The van der Waals surface area contributed by atoms with Crippen molar-refractivity contribution >= 4 is 39.6 Å². The van der Waals surface area contributed by atoms with Crippen LogP contribution in [0.25, 0.3) is 6.08 Å². The van der Waals surface area contributed by atoms with Gasteiger partial charge in [0.1, 0.15) is 30.5 Å². The van der Waals surface area contributed by atoms with Gasteiger partial charge in [0.15, 0.2) is 23.2 Å². The van der Waals surface area contributed by atoms with Crippen molar-refractivity contribution in [2.24, 2.45) is 4.99 Å². The highest BCUT2D eigenvalue weighted by molar-refractivity contribution is 9.10. The summed E-state index contributed by atoms with van der Waals surface area (Å²) in [6.07, 6.45) is 3.17. The van der Waals surface area contributed by atoms with E-state index < -0.39 is 5.91 Å². The lowest BCUT2D eigenvalue weighted by Gasteiger charge is -2.23. The number of allylic oxidation sites excluding steroid dienone is 1. The number of fused-ring (bicyclic) bond motifs is 1. The number of carbonyl (C=O) groups excluding carboxylic acids is 1. The molecule has 0 saturated heterocycles. The smallest absolute Gasteiger partial charge is 0.282 e. The number of benzene rings is 2. The molecule has 0 atom stereocenters. The molecule has 9 nitrogen and oxygen atoms in total. The van der Waals surface area contributed by atoms with Gasteiger partial charge in [-0.15, -0.1) is 5.06 Å². The van der Waals surface area contributed by atoms with Crippen LogP contribution in [0.3, 0.4) is 0 Å². The molecule has 0 spiro atoms. The van der Waals surface area contributed by atoms with E-state index in [0.717, 1.165) is 5.75 Å². The van der Waals surface area contributed by atoms with Gasteiger partial charge < -0.3 is 23.8 Å². The van der Waals surface area contributed by atoms with E-state index in [1.807, 2.05) is 24.3 Å². The molecule has 176 valence electrons. The summed E-state index contributed by atoms with van der Waals surface area (Å²) in [6.45, 7) is 2.33. The Hall–Kier alpha value is -3.79.